The van der Waals surface area contributed by atoms with Crippen LogP contribution in [-0.2, 0) is 6.18 Å². The van der Waals surface area contributed by atoms with Crippen LogP contribution in [0, 0.1) is 6.92 Å². The molecule has 0 aliphatic heterocycles. The van der Waals surface area contributed by atoms with Crippen LogP contribution in [0.25, 0.3) is 0 Å². The van der Waals surface area contributed by atoms with Gasteiger partial charge in [0.1, 0.15) is 5.82 Å². The normalized spacial score (nSPS) is 11.6. The van der Waals surface area contributed by atoms with Crippen molar-refractivity contribution in [1.82, 2.24) is 9.97 Å². The van der Waals surface area contributed by atoms with E-state index in [2.05, 4.69) is 16.9 Å². The van der Waals surface area contributed by atoms with E-state index in [-0.39, 0.29) is 5.82 Å². The molecule has 1 heterocycles. The Morgan fingerprint density at radius 3 is 2.00 bits per heavy atom. The molecule has 1 aromatic rings. The van der Waals surface area contributed by atoms with E-state index in [1.807, 2.05) is 0 Å². The van der Waals surface area contributed by atoms with Crippen molar-refractivity contribution in [3.8, 4) is 0 Å². The molecule has 0 saturated carbocycles. The number of hydrogen-bond acceptors (Lipinski definition) is 2. The van der Waals surface area contributed by atoms with Gasteiger partial charge in [0.05, 0.1) is 5.56 Å². The maximum Gasteiger partial charge on any atom is 0.419 e. The zero-order valence-corrected chi connectivity index (χ0v) is 5.39. The second-order valence-electron chi connectivity index (χ2n) is 1.89. The molecule has 59 valence electrons. The average molecular weight is 161 g/mol. The van der Waals surface area contributed by atoms with Crippen LogP contribution in [0.3, 0.4) is 0 Å². The van der Waals surface area contributed by atoms with Crippen LogP contribution in [0.4, 0.5) is 13.2 Å². The van der Waals surface area contributed by atoms with Gasteiger partial charge in [-0.1, -0.05) is 0 Å². The predicted molar refractivity (Wildman–Crippen MR) is 31.5 cm³/mol. The van der Waals surface area contributed by atoms with E-state index in [4.69, 9.17) is 0 Å². The first-order valence-corrected chi connectivity index (χ1v) is 2.71. The van der Waals surface area contributed by atoms with Gasteiger partial charge >= 0.3 is 6.18 Å². The van der Waals surface area contributed by atoms with Gasteiger partial charge in [0.25, 0.3) is 0 Å². The molecule has 2 nitrogen and oxygen atoms in total. The molecule has 0 saturated heterocycles. The third-order valence-electron chi connectivity index (χ3n) is 1.03. The van der Waals surface area contributed by atoms with Gasteiger partial charge in [-0.2, -0.15) is 13.2 Å². The largest absolute Gasteiger partial charge is 0.419 e. The minimum absolute atomic E-state index is 0.0815. The summed E-state index contributed by atoms with van der Waals surface area (Å²) in [7, 11) is 0. The summed E-state index contributed by atoms with van der Waals surface area (Å²) in [5.41, 5.74) is -0.857. The molecular formula is C6H4F3N2. The fourth-order valence-corrected chi connectivity index (χ4v) is 0.501. The SMILES string of the molecule is [CH2]c1ncc(C(F)(F)F)cn1. The molecule has 1 rings (SSSR count). The standard InChI is InChI=1S/C6H4F3N2/c1-4-10-2-5(3-11-4)6(7,8)9/h2-3H,1H2. The van der Waals surface area contributed by atoms with Gasteiger partial charge in [0.2, 0.25) is 0 Å². The van der Waals surface area contributed by atoms with Gasteiger partial charge in [-0.05, 0) is 0 Å². The smallest absolute Gasteiger partial charge is 0.241 e. The zero-order valence-electron chi connectivity index (χ0n) is 5.39. The lowest BCUT2D eigenvalue weighted by Gasteiger charge is -2.03. The van der Waals surface area contributed by atoms with Gasteiger partial charge in [-0.25, -0.2) is 9.97 Å². The molecule has 1 radical (unpaired) electrons. The van der Waals surface area contributed by atoms with Gasteiger partial charge in [-0.3, -0.25) is 0 Å². The maximum atomic E-state index is 11.8. The Kier molecular flexibility index (Phi) is 1.80. The maximum absolute atomic E-state index is 11.8. The van der Waals surface area contributed by atoms with E-state index in [1.165, 1.54) is 0 Å². The first-order chi connectivity index (χ1) is 5.00. The Morgan fingerprint density at radius 2 is 1.64 bits per heavy atom. The minimum Gasteiger partial charge on any atom is -0.241 e. The minimum atomic E-state index is -4.37. The summed E-state index contributed by atoms with van der Waals surface area (Å²) >= 11 is 0. The molecule has 0 unspecified atom stereocenters. The highest BCUT2D eigenvalue weighted by molar-refractivity contribution is 5.09. The Morgan fingerprint density at radius 1 is 1.18 bits per heavy atom. The number of hydrogen-bond donors (Lipinski definition) is 0. The Bertz CT molecular complexity index is 239. The summed E-state index contributed by atoms with van der Waals surface area (Å²) in [5, 5.41) is 0. The van der Waals surface area contributed by atoms with Crippen LogP contribution in [-0.4, -0.2) is 9.97 Å². The topological polar surface area (TPSA) is 25.8 Å². The molecule has 0 aliphatic carbocycles. The van der Waals surface area contributed by atoms with E-state index in [0.29, 0.717) is 12.4 Å². The predicted octanol–water partition coefficient (Wildman–Crippen LogP) is 1.68. The third kappa shape index (κ3) is 1.89. The molecule has 0 atom stereocenters. The van der Waals surface area contributed by atoms with Crippen molar-refractivity contribution < 1.29 is 13.2 Å². The van der Waals surface area contributed by atoms with Crippen molar-refractivity contribution in [1.29, 1.82) is 0 Å². The summed E-state index contributed by atoms with van der Waals surface area (Å²) in [6, 6.07) is 0. The van der Waals surface area contributed by atoms with Crippen LogP contribution < -0.4 is 0 Å². The van der Waals surface area contributed by atoms with Crippen LogP contribution >= 0.6 is 0 Å². The number of halogens is 3. The lowest BCUT2D eigenvalue weighted by molar-refractivity contribution is -0.138. The lowest BCUT2D eigenvalue weighted by atomic mass is 10.3. The fourth-order valence-electron chi connectivity index (χ4n) is 0.501. The number of aromatic nitrogens is 2. The van der Waals surface area contributed by atoms with Crippen LogP contribution in [0.1, 0.15) is 11.4 Å². The molecule has 0 aromatic carbocycles. The van der Waals surface area contributed by atoms with Gasteiger partial charge in [-0.15, -0.1) is 0 Å². The van der Waals surface area contributed by atoms with Crippen molar-refractivity contribution in [3.63, 3.8) is 0 Å². The van der Waals surface area contributed by atoms with Crippen molar-refractivity contribution in [3.05, 3.63) is 30.7 Å². The highest BCUT2D eigenvalue weighted by atomic mass is 19.4. The molecule has 0 amide bonds. The molecule has 5 heteroatoms. The second kappa shape index (κ2) is 2.48. The summed E-state index contributed by atoms with van der Waals surface area (Å²) in [4.78, 5) is 6.61. The van der Waals surface area contributed by atoms with Gasteiger partial charge < -0.3 is 0 Å². The highest BCUT2D eigenvalue weighted by Gasteiger charge is 2.31. The Balaban J connectivity index is 2.99. The quantitative estimate of drug-likeness (QED) is 0.578. The molecule has 0 aliphatic rings. The Hall–Kier alpha value is -1.13. The summed E-state index contributed by atoms with van der Waals surface area (Å²) in [5.74, 6) is 0.0815. The number of rotatable bonds is 0. The van der Waals surface area contributed by atoms with Gasteiger partial charge in [0, 0.05) is 19.3 Å². The van der Waals surface area contributed by atoms with E-state index < -0.39 is 11.7 Å². The van der Waals surface area contributed by atoms with Crippen molar-refractivity contribution in [2.24, 2.45) is 0 Å². The van der Waals surface area contributed by atoms with E-state index in [9.17, 15) is 13.2 Å². The van der Waals surface area contributed by atoms with Crippen LogP contribution in [0.5, 0.6) is 0 Å². The van der Waals surface area contributed by atoms with E-state index in [0.717, 1.165) is 0 Å². The highest BCUT2D eigenvalue weighted by Crippen LogP contribution is 2.27. The van der Waals surface area contributed by atoms with Crippen molar-refractivity contribution in [2.75, 3.05) is 0 Å². The summed E-state index contributed by atoms with van der Waals surface area (Å²) < 4.78 is 35.5. The molecule has 0 N–H and O–H groups in total. The molecule has 11 heavy (non-hydrogen) atoms. The number of alkyl halides is 3. The van der Waals surface area contributed by atoms with E-state index >= 15 is 0 Å². The third-order valence-corrected chi connectivity index (χ3v) is 1.03. The summed E-state index contributed by atoms with van der Waals surface area (Å²) in [6.45, 7) is 3.25. The van der Waals surface area contributed by atoms with Crippen LogP contribution in [0.2, 0.25) is 0 Å². The first-order valence-electron chi connectivity index (χ1n) is 2.71. The lowest BCUT2D eigenvalue weighted by Crippen LogP contribution is -2.06. The van der Waals surface area contributed by atoms with Gasteiger partial charge in [0.15, 0.2) is 0 Å². The molecule has 0 spiro atoms. The second-order valence-corrected chi connectivity index (χ2v) is 1.89. The fraction of sp³-hybridized carbons (Fsp3) is 0.167. The van der Waals surface area contributed by atoms with Crippen molar-refractivity contribution >= 4 is 0 Å². The zero-order chi connectivity index (χ0) is 8.48. The Labute approximate surface area is 61.1 Å². The molecular weight excluding hydrogens is 157 g/mol. The molecule has 0 bridgehead atoms. The monoisotopic (exact) mass is 161 g/mol. The first kappa shape index (κ1) is 7.97. The molecule has 1 aromatic heterocycles. The average Bonchev–Trinajstić information content (AvgIpc) is 1.86. The van der Waals surface area contributed by atoms with E-state index in [1.54, 1.807) is 0 Å². The van der Waals surface area contributed by atoms with Crippen LogP contribution in [0.15, 0.2) is 12.4 Å². The molecule has 0 fully saturated rings. The van der Waals surface area contributed by atoms with Crippen molar-refractivity contribution in [2.45, 2.75) is 6.18 Å². The summed E-state index contributed by atoms with van der Waals surface area (Å²) in [6.07, 6.45) is -2.96. The number of nitrogens with zero attached hydrogens (tertiary/aromatic N) is 2.